The number of aldehydes is 1. The molecule has 0 aliphatic carbocycles. The summed E-state index contributed by atoms with van der Waals surface area (Å²) < 4.78 is 5.18. The summed E-state index contributed by atoms with van der Waals surface area (Å²) >= 11 is 0. The van der Waals surface area contributed by atoms with Crippen LogP contribution in [0.15, 0.2) is 54.6 Å². The van der Waals surface area contributed by atoms with Gasteiger partial charge in [0.2, 0.25) is 11.8 Å². The SMILES string of the molecule is CC(C)[C@H](NC(=O)OCc1ccccc1)C(=O)N[C@@H](C)C(=O)N[C@H](C=O)Cc1ccc(O)cc1. The summed E-state index contributed by atoms with van der Waals surface area (Å²) in [6.07, 6.45) is 0.102. The molecule has 3 atom stereocenters. The number of benzene rings is 2. The molecule has 0 fully saturated rings. The molecule has 2 aromatic rings. The van der Waals surface area contributed by atoms with Gasteiger partial charge in [0.15, 0.2) is 0 Å². The Morgan fingerprint density at radius 3 is 2.12 bits per heavy atom. The van der Waals surface area contributed by atoms with E-state index in [-0.39, 0.29) is 24.7 Å². The monoisotopic (exact) mass is 469 g/mol. The van der Waals surface area contributed by atoms with E-state index in [0.29, 0.717) is 6.29 Å². The van der Waals surface area contributed by atoms with E-state index in [1.807, 2.05) is 30.3 Å². The molecular formula is C25H31N3O6. The molecule has 0 saturated heterocycles. The summed E-state index contributed by atoms with van der Waals surface area (Å²) in [5.74, 6) is -1.25. The van der Waals surface area contributed by atoms with Crippen molar-refractivity contribution in [3.05, 3.63) is 65.7 Å². The first-order chi connectivity index (χ1) is 16.2. The van der Waals surface area contributed by atoms with Gasteiger partial charge in [0, 0.05) is 0 Å². The number of carbonyl (C=O) groups excluding carboxylic acids is 4. The van der Waals surface area contributed by atoms with Crippen molar-refractivity contribution >= 4 is 24.2 Å². The second-order valence-corrected chi connectivity index (χ2v) is 8.28. The van der Waals surface area contributed by atoms with Crippen molar-refractivity contribution in [2.75, 3.05) is 0 Å². The average Bonchev–Trinajstić information content (AvgIpc) is 2.82. The second kappa shape index (κ2) is 13.0. The van der Waals surface area contributed by atoms with Crippen molar-refractivity contribution in [2.45, 2.75) is 51.9 Å². The van der Waals surface area contributed by atoms with Gasteiger partial charge in [0.25, 0.3) is 0 Å². The number of amides is 3. The minimum Gasteiger partial charge on any atom is -0.508 e. The van der Waals surface area contributed by atoms with Gasteiger partial charge in [-0.2, -0.15) is 0 Å². The number of hydrogen-bond acceptors (Lipinski definition) is 6. The van der Waals surface area contributed by atoms with E-state index >= 15 is 0 Å². The molecule has 9 heteroatoms. The molecule has 2 aromatic carbocycles. The highest BCUT2D eigenvalue weighted by molar-refractivity contribution is 5.92. The summed E-state index contributed by atoms with van der Waals surface area (Å²) in [7, 11) is 0. The van der Waals surface area contributed by atoms with E-state index in [0.717, 1.165) is 11.1 Å². The molecule has 0 saturated carbocycles. The Labute approximate surface area is 198 Å². The van der Waals surface area contributed by atoms with Crippen LogP contribution in [0.5, 0.6) is 5.75 Å². The maximum Gasteiger partial charge on any atom is 0.408 e. The van der Waals surface area contributed by atoms with E-state index in [2.05, 4.69) is 16.0 Å². The average molecular weight is 470 g/mol. The third-order valence-corrected chi connectivity index (χ3v) is 5.07. The van der Waals surface area contributed by atoms with Crippen LogP contribution in [0.2, 0.25) is 0 Å². The van der Waals surface area contributed by atoms with Gasteiger partial charge in [-0.15, -0.1) is 0 Å². The molecule has 0 unspecified atom stereocenters. The lowest BCUT2D eigenvalue weighted by Crippen LogP contribution is -2.55. The quantitative estimate of drug-likeness (QED) is 0.372. The summed E-state index contributed by atoms with van der Waals surface area (Å²) in [5.41, 5.74) is 1.57. The Morgan fingerprint density at radius 2 is 1.53 bits per heavy atom. The van der Waals surface area contributed by atoms with Crippen molar-refractivity contribution in [1.29, 1.82) is 0 Å². The molecule has 0 radical (unpaired) electrons. The standard InChI is InChI=1S/C25H31N3O6/c1-16(2)22(28-25(33)34-15-19-7-5-4-6-8-19)24(32)26-17(3)23(31)27-20(14-29)13-18-9-11-21(30)12-10-18/h4-12,14,16-17,20,22,30H,13,15H2,1-3H3,(H,26,32)(H,27,31)(H,28,33)/t17-,20-,22-/m0/s1. The summed E-state index contributed by atoms with van der Waals surface area (Å²) in [6, 6.07) is 12.8. The molecule has 9 nitrogen and oxygen atoms in total. The van der Waals surface area contributed by atoms with Gasteiger partial charge in [0.05, 0.1) is 6.04 Å². The number of nitrogens with one attached hydrogen (secondary N) is 3. The van der Waals surface area contributed by atoms with Crippen LogP contribution < -0.4 is 16.0 Å². The lowest BCUT2D eigenvalue weighted by Gasteiger charge is -2.24. The number of phenols is 1. The first kappa shape index (κ1) is 26.4. The second-order valence-electron chi connectivity index (χ2n) is 8.28. The fourth-order valence-electron chi connectivity index (χ4n) is 3.12. The highest BCUT2D eigenvalue weighted by atomic mass is 16.5. The molecule has 2 rings (SSSR count). The van der Waals surface area contributed by atoms with Crippen LogP contribution in [0.1, 0.15) is 31.9 Å². The number of hydrogen-bond donors (Lipinski definition) is 4. The number of carbonyl (C=O) groups is 4. The molecule has 0 aliphatic rings. The van der Waals surface area contributed by atoms with Crippen LogP contribution in [0.25, 0.3) is 0 Å². The van der Waals surface area contributed by atoms with Gasteiger partial charge in [-0.05, 0) is 42.5 Å². The normalized spacial score (nSPS) is 13.3. The minimum atomic E-state index is -0.946. The zero-order chi connectivity index (χ0) is 25.1. The van der Waals surface area contributed by atoms with Gasteiger partial charge < -0.3 is 30.6 Å². The smallest absolute Gasteiger partial charge is 0.408 e. The third-order valence-electron chi connectivity index (χ3n) is 5.07. The van der Waals surface area contributed by atoms with Gasteiger partial charge >= 0.3 is 6.09 Å². The van der Waals surface area contributed by atoms with Crippen molar-refractivity contribution in [3.63, 3.8) is 0 Å². The van der Waals surface area contributed by atoms with Gasteiger partial charge in [-0.3, -0.25) is 9.59 Å². The number of rotatable bonds is 11. The maximum atomic E-state index is 12.7. The maximum absolute atomic E-state index is 12.7. The Hall–Kier alpha value is -3.88. The first-order valence-corrected chi connectivity index (χ1v) is 11.0. The predicted octanol–water partition coefficient (Wildman–Crippen LogP) is 2.07. The van der Waals surface area contributed by atoms with Gasteiger partial charge in [-0.25, -0.2) is 4.79 Å². The van der Waals surface area contributed by atoms with Crippen LogP contribution in [-0.4, -0.2) is 47.4 Å². The minimum absolute atomic E-state index is 0.0615. The van der Waals surface area contributed by atoms with Crippen LogP contribution in [0.4, 0.5) is 4.79 Å². The zero-order valence-electron chi connectivity index (χ0n) is 19.5. The van der Waals surface area contributed by atoms with E-state index in [1.54, 1.807) is 26.0 Å². The van der Waals surface area contributed by atoms with Crippen LogP contribution in [0.3, 0.4) is 0 Å². The Balaban J connectivity index is 1.88. The van der Waals surface area contributed by atoms with Crippen LogP contribution in [0, 0.1) is 5.92 Å². The van der Waals surface area contributed by atoms with Crippen molar-refractivity contribution in [2.24, 2.45) is 5.92 Å². The highest BCUT2D eigenvalue weighted by Crippen LogP contribution is 2.11. The van der Waals surface area contributed by atoms with Crippen LogP contribution in [-0.2, 0) is 32.1 Å². The largest absolute Gasteiger partial charge is 0.508 e. The molecule has 34 heavy (non-hydrogen) atoms. The molecule has 0 aliphatic heterocycles. The summed E-state index contributed by atoms with van der Waals surface area (Å²) in [5, 5.41) is 17.1. The first-order valence-electron chi connectivity index (χ1n) is 11.0. The van der Waals surface area contributed by atoms with Gasteiger partial charge in [0.1, 0.15) is 30.7 Å². The molecule has 3 amide bonds. The Kier molecular flexibility index (Phi) is 10.1. The Morgan fingerprint density at radius 1 is 0.882 bits per heavy atom. The number of alkyl carbamates (subject to hydrolysis) is 1. The fourth-order valence-corrected chi connectivity index (χ4v) is 3.12. The molecule has 4 N–H and O–H groups in total. The van der Waals surface area contributed by atoms with Crippen LogP contribution >= 0.6 is 0 Å². The molecule has 0 bridgehead atoms. The number of phenolic OH excluding ortho intramolecular Hbond substituents is 1. The lowest BCUT2D eigenvalue weighted by molar-refractivity contribution is -0.131. The molecule has 0 spiro atoms. The van der Waals surface area contributed by atoms with Crippen molar-refractivity contribution < 1.29 is 29.0 Å². The van der Waals surface area contributed by atoms with Gasteiger partial charge in [-0.1, -0.05) is 56.3 Å². The molecule has 0 aromatic heterocycles. The Bertz CT molecular complexity index is 962. The highest BCUT2D eigenvalue weighted by Gasteiger charge is 2.28. The molecule has 0 heterocycles. The predicted molar refractivity (Wildman–Crippen MR) is 126 cm³/mol. The third kappa shape index (κ3) is 8.57. The van der Waals surface area contributed by atoms with E-state index in [1.165, 1.54) is 19.1 Å². The summed E-state index contributed by atoms with van der Waals surface area (Å²) in [6.45, 7) is 5.06. The lowest BCUT2D eigenvalue weighted by atomic mass is 10.0. The topological polar surface area (TPSA) is 134 Å². The van der Waals surface area contributed by atoms with E-state index in [4.69, 9.17) is 4.74 Å². The zero-order valence-corrected chi connectivity index (χ0v) is 19.5. The van der Waals surface area contributed by atoms with E-state index < -0.39 is 36.0 Å². The molecule has 182 valence electrons. The van der Waals surface area contributed by atoms with Crippen molar-refractivity contribution in [3.8, 4) is 5.75 Å². The van der Waals surface area contributed by atoms with E-state index in [9.17, 15) is 24.3 Å². The number of ether oxygens (including phenoxy) is 1. The number of aromatic hydroxyl groups is 1. The fraction of sp³-hybridized carbons (Fsp3) is 0.360. The van der Waals surface area contributed by atoms with Crippen molar-refractivity contribution in [1.82, 2.24) is 16.0 Å². The molecular weight excluding hydrogens is 438 g/mol. The summed E-state index contributed by atoms with van der Waals surface area (Å²) in [4.78, 5) is 48.9.